The molecule has 0 aliphatic heterocycles. The van der Waals surface area contributed by atoms with Crippen molar-refractivity contribution in [2.45, 2.75) is 5.75 Å². The summed E-state index contributed by atoms with van der Waals surface area (Å²) < 4.78 is 21.7. The number of aromatic carboxylic acids is 1. The monoisotopic (exact) mass is 215 g/mol. The third kappa shape index (κ3) is 3.14. The predicted octanol–water partition coefficient (Wildman–Crippen LogP) is 0.324. The standard InChI is InChI=1S/C8H9NO4S/c1-14(12,13)5-7-3-2-6(4-9-7)8(10)11/h2-4H,5H2,1H3,(H,10,11). The molecular formula is C8H9NO4S. The fourth-order valence-electron chi connectivity index (χ4n) is 0.905. The van der Waals surface area contributed by atoms with Gasteiger partial charge in [0.1, 0.15) is 0 Å². The molecule has 0 saturated heterocycles. The van der Waals surface area contributed by atoms with E-state index in [-0.39, 0.29) is 11.3 Å². The molecule has 0 atom stereocenters. The molecule has 1 aromatic heterocycles. The third-order valence-corrected chi connectivity index (χ3v) is 2.30. The van der Waals surface area contributed by atoms with Gasteiger partial charge in [0.15, 0.2) is 9.84 Å². The van der Waals surface area contributed by atoms with Crippen LogP contribution in [-0.2, 0) is 15.6 Å². The molecule has 1 aromatic rings. The molecule has 0 bridgehead atoms. The lowest BCUT2D eigenvalue weighted by molar-refractivity contribution is 0.0696. The zero-order valence-electron chi connectivity index (χ0n) is 7.47. The smallest absolute Gasteiger partial charge is 0.337 e. The van der Waals surface area contributed by atoms with Gasteiger partial charge in [-0.05, 0) is 12.1 Å². The molecule has 1 N–H and O–H groups in total. The summed E-state index contributed by atoms with van der Waals surface area (Å²) in [6.45, 7) is 0. The van der Waals surface area contributed by atoms with Crippen LogP contribution in [0.25, 0.3) is 0 Å². The van der Waals surface area contributed by atoms with Crippen LogP contribution in [0.5, 0.6) is 0 Å². The molecule has 1 rings (SSSR count). The molecule has 14 heavy (non-hydrogen) atoms. The summed E-state index contributed by atoms with van der Waals surface area (Å²) in [5.74, 6) is -1.25. The van der Waals surface area contributed by atoms with E-state index in [2.05, 4.69) is 4.98 Å². The van der Waals surface area contributed by atoms with Gasteiger partial charge in [0.2, 0.25) is 0 Å². The van der Waals surface area contributed by atoms with E-state index in [1.165, 1.54) is 12.1 Å². The summed E-state index contributed by atoms with van der Waals surface area (Å²) in [6, 6.07) is 2.72. The molecule has 0 aliphatic rings. The predicted molar refractivity (Wildman–Crippen MR) is 49.7 cm³/mol. The molecule has 0 aromatic carbocycles. The topological polar surface area (TPSA) is 84.3 Å². The number of sulfone groups is 1. The highest BCUT2D eigenvalue weighted by Crippen LogP contribution is 2.03. The van der Waals surface area contributed by atoms with Crippen LogP contribution in [0.2, 0.25) is 0 Å². The van der Waals surface area contributed by atoms with Crippen molar-refractivity contribution in [3.05, 3.63) is 29.6 Å². The van der Waals surface area contributed by atoms with Gasteiger partial charge >= 0.3 is 5.97 Å². The highest BCUT2D eigenvalue weighted by Gasteiger charge is 2.07. The van der Waals surface area contributed by atoms with Crippen LogP contribution >= 0.6 is 0 Å². The van der Waals surface area contributed by atoms with E-state index in [1.54, 1.807) is 0 Å². The molecule has 0 saturated carbocycles. The normalized spacial score (nSPS) is 11.2. The van der Waals surface area contributed by atoms with Crippen LogP contribution in [0.1, 0.15) is 16.1 Å². The van der Waals surface area contributed by atoms with Crippen LogP contribution in [0.15, 0.2) is 18.3 Å². The zero-order chi connectivity index (χ0) is 10.8. The lowest BCUT2D eigenvalue weighted by Crippen LogP contribution is -2.04. The van der Waals surface area contributed by atoms with Crippen molar-refractivity contribution in [3.63, 3.8) is 0 Å². The van der Waals surface area contributed by atoms with Gasteiger partial charge in [-0.3, -0.25) is 4.98 Å². The minimum Gasteiger partial charge on any atom is -0.478 e. The number of pyridine rings is 1. The summed E-state index contributed by atoms with van der Waals surface area (Å²) in [6.07, 6.45) is 2.24. The van der Waals surface area contributed by atoms with E-state index < -0.39 is 15.8 Å². The van der Waals surface area contributed by atoms with Crippen molar-refractivity contribution in [2.24, 2.45) is 0 Å². The summed E-state index contributed by atoms with van der Waals surface area (Å²) in [5, 5.41) is 8.55. The Hall–Kier alpha value is -1.43. The van der Waals surface area contributed by atoms with Crippen LogP contribution in [0.4, 0.5) is 0 Å². The van der Waals surface area contributed by atoms with E-state index in [1.807, 2.05) is 0 Å². The Morgan fingerprint density at radius 1 is 1.50 bits per heavy atom. The lowest BCUT2D eigenvalue weighted by atomic mass is 10.2. The summed E-state index contributed by atoms with van der Waals surface area (Å²) in [5.41, 5.74) is 0.389. The lowest BCUT2D eigenvalue weighted by Gasteiger charge is -1.98. The zero-order valence-corrected chi connectivity index (χ0v) is 8.28. The number of carboxylic acid groups (broad SMARTS) is 1. The van der Waals surface area contributed by atoms with Gasteiger partial charge in [-0.1, -0.05) is 0 Å². The van der Waals surface area contributed by atoms with Gasteiger partial charge in [-0.25, -0.2) is 13.2 Å². The second-order valence-electron chi connectivity index (χ2n) is 2.91. The number of carboxylic acids is 1. The Labute approximate surface area is 81.3 Å². The minimum atomic E-state index is -3.12. The van der Waals surface area contributed by atoms with Gasteiger partial charge in [-0.2, -0.15) is 0 Å². The van der Waals surface area contributed by atoms with Crippen molar-refractivity contribution in [3.8, 4) is 0 Å². The average Bonchev–Trinajstić information content (AvgIpc) is 2.02. The molecule has 0 radical (unpaired) electrons. The fraction of sp³-hybridized carbons (Fsp3) is 0.250. The van der Waals surface area contributed by atoms with Crippen LogP contribution in [0.3, 0.4) is 0 Å². The molecule has 76 valence electrons. The number of rotatable bonds is 3. The van der Waals surface area contributed by atoms with Gasteiger partial charge in [0.25, 0.3) is 0 Å². The maximum Gasteiger partial charge on any atom is 0.337 e. The molecular weight excluding hydrogens is 206 g/mol. The SMILES string of the molecule is CS(=O)(=O)Cc1ccc(C(=O)O)cn1. The van der Waals surface area contributed by atoms with Crippen LogP contribution < -0.4 is 0 Å². The summed E-state index contributed by atoms with van der Waals surface area (Å²) >= 11 is 0. The van der Waals surface area contributed by atoms with Crippen LogP contribution in [0, 0.1) is 0 Å². The van der Waals surface area contributed by atoms with Gasteiger partial charge in [0.05, 0.1) is 17.0 Å². The highest BCUT2D eigenvalue weighted by atomic mass is 32.2. The van der Waals surface area contributed by atoms with Crippen molar-refractivity contribution >= 4 is 15.8 Å². The summed E-state index contributed by atoms with van der Waals surface area (Å²) in [7, 11) is -3.12. The first kappa shape index (κ1) is 10.6. The third-order valence-electron chi connectivity index (χ3n) is 1.48. The average molecular weight is 215 g/mol. The van der Waals surface area contributed by atoms with Gasteiger partial charge < -0.3 is 5.11 Å². The molecule has 0 spiro atoms. The molecule has 6 heteroatoms. The number of hydrogen-bond acceptors (Lipinski definition) is 4. The van der Waals surface area contributed by atoms with Crippen LogP contribution in [-0.4, -0.2) is 30.7 Å². The van der Waals surface area contributed by atoms with E-state index in [0.717, 1.165) is 12.5 Å². The van der Waals surface area contributed by atoms with Crippen molar-refractivity contribution in [1.29, 1.82) is 0 Å². The Kier molecular flexibility index (Phi) is 2.85. The second kappa shape index (κ2) is 3.75. The quantitative estimate of drug-likeness (QED) is 0.785. The van der Waals surface area contributed by atoms with Crippen molar-refractivity contribution in [2.75, 3.05) is 6.26 Å². The molecule has 0 aliphatic carbocycles. The van der Waals surface area contributed by atoms with E-state index in [4.69, 9.17) is 5.11 Å². The number of aromatic nitrogens is 1. The van der Waals surface area contributed by atoms with E-state index in [0.29, 0.717) is 5.69 Å². The first-order chi connectivity index (χ1) is 6.38. The largest absolute Gasteiger partial charge is 0.478 e. The Bertz CT molecular complexity index is 435. The maximum absolute atomic E-state index is 10.9. The van der Waals surface area contributed by atoms with Gasteiger partial charge in [0, 0.05) is 12.5 Å². The minimum absolute atomic E-state index is 0.0438. The van der Waals surface area contributed by atoms with E-state index >= 15 is 0 Å². The molecule has 0 fully saturated rings. The maximum atomic E-state index is 10.9. The Morgan fingerprint density at radius 3 is 2.50 bits per heavy atom. The van der Waals surface area contributed by atoms with Crippen molar-refractivity contribution in [1.82, 2.24) is 4.98 Å². The number of nitrogens with zero attached hydrogens (tertiary/aromatic N) is 1. The Morgan fingerprint density at radius 2 is 2.14 bits per heavy atom. The number of hydrogen-bond donors (Lipinski definition) is 1. The second-order valence-corrected chi connectivity index (χ2v) is 5.05. The van der Waals surface area contributed by atoms with Gasteiger partial charge in [-0.15, -0.1) is 0 Å². The first-order valence-electron chi connectivity index (χ1n) is 3.74. The van der Waals surface area contributed by atoms with Crippen molar-refractivity contribution < 1.29 is 18.3 Å². The Balaban J connectivity index is 2.90. The molecule has 0 amide bonds. The molecule has 1 heterocycles. The molecule has 0 unspecified atom stereocenters. The molecule has 5 nitrogen and oxygen atoms in total. The fourth-order valence-corrected chi connectivity index (χ4v) is 1.61. The summed E-state index contributed by atoms with van der Waals surface area (Å²) in [4.78, 5) is 14.2. The number of carbonyl (C=O) groups is 1. The van der Waals surface area contributed by atoms with E-state index in [9.17, 15) is 13.2 Å². The first-order valence-corrected chi connectivity index (χ1v) is 5.80. The highest BCUT2D eigenvalue weighted by molar-refractivity contribution is 7.89.